The van der Waals surface area contributed by atoms with Gasteiger partial charge in [-0.15, -0.1) is 5.10 Å². The van der Waals surface area contributed by atoms with Gasteiger partial charge < -0.3 is 10.4 Å². The molecule has 0 atom stereocenters. The number of nitrogens with one attached hydrogen (secondary N) is 2. The molecule has 0 saturated heterocycles. The van der Waals surface area contributed by atoms with Crippen molar-refractivity contribution < 1.29 is 23.1 Å². The van der Waals surface area contributed by atoms with Crippen molar-refractivity contribution in [1.29, 1.82) is 0 Å². The molecule has 36 heavy (non-hydrogen) atoms. The van der Waals surface area contributed by atoms with Crippen molar-refractivity contribution in [2.75, 3.05) is 5.32 Å². The van der Waals surface area contributed by atoms with Crippen LogP contribution >= 0.6 is 0 Å². The van der Waals surface area contributed by atoms with Crippen LogP contribution in [0.1, 0.15) is 0 Å². The van der Waals surface area contributed by atoms with Gasteiger partial charge in [0.05, 0.1) is 29.5 Å². The van der Waals surface area contributed by atoms with Gasteiger partial charge in [0.15, 0.2) is 0 Å². The molecule has 2 aromatic carbocycles. The van der Waals surface area contributed by atoms with Crippen LogP contribution in [-0.4, -0.2) is 52.4 Å². The minimum Gasteiger partial charge on any atom is -0.475 e. The van der Waals surface area contributed by atoms with Gasteiger partial charge in [-0.3, -0.25) is 5.10 Å². The topological polar surface area (TPSA) is 134 Å². The van der Waals surface area contributed by atoms with Crippen molar-refractivity contribution in [3.63, 3.8) is 0 Å². The van der Waals surface area contributed by atoms with Crippen molar-refractivity contribution in [2.24, 2.45) is 0 Å². The summed E-state index contributed by atoms with van der Waals surface area (Å²) in [5, 5.41) is 25.2. The van der Waals surface area contributed by atoms with E-state index in [1.807, 2.05) is 54.6 Å². The molecular formula is C23H17F3N8O2. The van der Waals surface area contributed by atoms with Crippen molar-refractivity contribution >= 4 is 17.6 Å². The summed E-state index contributed by atoms with van der Waals surface area (Å²) >= 11 is 0. The Morgan fingerprint density at radius 1 is 0.972 bits per heavy atom. The summed E-state index contributed by atoms with van der Waals surface area (Å²) in [4.78, 5) is 17.9. The molecule has 0 radical (unpaired) electrons. The van der Waals surface area contributed by atoms with Gasteiger partial charge in [-0.05, 0) is 42.5 Å². The van der Waals surface area contributed by atoms with Gasteiger partial charge in [0, 0.05) is 29.2 Å². The largest absolute Gasteiger partial charge is 0.490 e. The lowest BCUT2D eigenvalue weighted by Crippen LogP contribution is -2.21. The highest BCUT2D eigenvalue weighted by molar-refractivity contribution is 5.73. The van der Waals surface area contributed by atoms with Gasteiger partial charge in [-0.1, -0.05) is 23.4 Å². The maximum Gasteiger partial charge on any atom is 0.490 e. The lowest BCUT2D eigenvalue weighted by Gasteiger charge is -2.08. The minimum atomic E-state index is -5.08. The number of alkyl halides is 3. The number of carboxylic acid groups (broad SMARTS) is 1. The van der Waals surface area contributed by atoms with Gasteiger partial charge in [-0.25, -0.2) is 19.4 Å². The van der Waals surface area contributed by atoms with Gasteiger partial charge in [0.2, 0.25) is 5.95 Å². The zero-order valence-corrected chi connectivity index (χ0v) is 18.3. The molecule has 0 fully saturated rings. The molecule has 5 rings (SSSR count). The Hall–Kier alpha value is -5.07. The molecule has 0 saturated carbocycles. The first kappa shape index (κ1) is 24.1. The first-order valence-corrected chi connectivity index (χ1v) is 10.3. The number of hydrogen-bond acceptors (Lipinski definition) is 7. The number of benzene rings is 2. The average Bonchev–Trinajstić information content (AvgIpc) is 3.60. The van der Waals surface area contributed by atoms with E-state index in [1.54, 1.807) is 29.5 Å². The number of hydrogen-bond donors (Lipinski definition) is 3. The third-order valence-electron chi connectivity index (χ3n) is 4.68. The van der Waals surface area contributed by atoms with Crippen LogP contribution in [0, 0.1) is 0 Å². The molecule has 0 aliphatic rings. The fraction of sp³-hybridized carbons (Fsp3) is 0.0435. The monoisotopic (exact) mass is 494 g/mol. The van der Waals surface area contributed by atoms with Gasteiger partial charge in [0.25, 0.3) is 0 Å². The van der Waals surface area contributed by atoms with Crippen molar-refractivity contribution in [3.8, 4) is 28.2 Å². The predicted molar refractivity (Wildman–Crippen MR) is 123 cm³/mol. The quantitative estimate of drug-likeness (QED) is 0.325. The molecule has 0 unspecified atom stereocenters. The molecule has 0 aliphatic carbocycles. The number of halogens is 3. The molecule has 3 aromatic heterocycles. The first-order valence-electron chi connectivity index (χ1n) is 10.3. The lowest BCUT2D eigenvalue weighted by atomic mass is 10.1. The Labute approximate surface area is 201 Å². The number of carbonyl (C=O) groups is 1. The van der Waals surface area contributed by atoms with E-state index in [9.17, 15) is 13.2 Å². The highest BCUT2D eigenvalue weighted by Crippen LogP contribution is 2.25. The van der Waals surface area contributed by atoms with Crippen LogP contribution in [0.3, 0.4) is 0 Å². The van der Waals surface area contributed by atoms with Gasteiger partial charge >= 0.3 is 12.1 Å². The third-order valence-corrected chi connectivity index (χ3v) is 4.68. The van der Waals surface area contributed by atoms with E-state index in [4.69, 9.17) is 9.90 Å². The van der Waals surface area contributed by atoms with Gasteiger partial charge in [0.1, 0.15) is 0 Å². The van der Waals surface area contributed by atoms with E-state index in [0.29, 0.717) is 5.95 Å². The smallest absolute Gasteiger partial charge is 0.475 e. The Balaban J connectivity index is 0.000000384. The molecule has 3 heterocycles. The first-order chi connectivity index (χ1) is 17.3. The maximum absolute atomic E-state index is 10.6. The zero-order valence-electron chi connectivity index (χ0n) is 18.3. The number of aliphatic carboxylic acids is 1. The summed E-state index contributed by atoms with van der Waals surface area (Å²) in [7, 11) is 0. The molecule has 3 N–H and O–H groups in total. The van der Waals surface area contributed by atoms with Crippen LogP contribution in [-0.2, 0) is 4.79 Å². The fourth-order valence-electron chi connectivity index (χ4n) is 3.01. The number of rotatable bonds is 5. The summed E-state index contributed by atoms with van der Waals surface area (Å²) in [6, 6.07) is 19.8. The highest BCUT2D eigenvalue weighted by Gasteiger charge is 2.38. The van der Waals surface area contributed by atoms with E-state index in [2.05, 4.69) is 41.9 Å². The van der Waals surface area contributed by atoms with Crippen LogP contribution in [0.4, 0.5) is 24.8 Å². The van der Waals surface area contributed by atoms with Crippen LogP contribution in [0.25, 0.3) is 28.2 Å². The minimum absolute atomic E-state index is 0.531. The molecule has 0 aliphatic heterocycles. The SMILES string of the molecule is O=C(O)C(F)(F)F.c1cc(-c2ccnc(Nc3ccc(-n4ccnn4)cc3)n2)cc(-c2ccn[nH]2)c1. The number of carboxylic acids is 1. The third kappa shape index (κ3) is 6.08. The standard InChI is InChI=1S/C21H16N8.C2HF3O2/c1-2-15(14-16(3-1)20-9-11-23-27-20)19-8-10-22-21(26-19)25-17-4-6-18(7-5-17)29-13-12-24-28-29;3-2(4,5)1(6)7/h1-14H,(H,23,27)(H,22,25,26);(H,6,7). The lowest BCUT2D eigenvalue weighted by molar-refractivity contribution is -0.192. The van der Waals surface area contributed by atoms with E-state index >= 15 is 0 Å². The number of anilines is 2. The number of nitrogens with zero attached hydrogens (tertiary/aromatic N) is 6. The maximum atomic E-state index is 10.6. The number of H-pyrrole nitrogens is 1. The van der Waals surface area contributed by atoms with E-state index in [0.717, 1.165) is 33.9 Å². The number of aromatic amines is 1. The Morgan fingerprint density at radius 2 is 1.72 bits per heavy atom. The highest BCUT2D eigenvalue weighted by atomic mass is 19.4. The molecule has 10 nitrogen and oxygen atoms in total. The molecular weight excluding hydrogens is 477 g/mol. The average molecular weight is 494 g/mol. The molecule has 5 aromatic rings. The molecule has 0 bridgehead atoms. The second-order valence-corrected chi connectivity index (χ2v) is 7.14. The summed E-state index contributed by atoms with van der Waals surface area (Å²) in [5.41, 5.74) is 5.67. The molecule has 0 amide bonds. The van der Waals surface area contributed by atoms with E-state index < -0.39 is 12.1 Å². The van der Waals surface area contributed by atoms with Crippen molar-refractivity contribution in [2.45, 2.75) is 6.18 Å². The van der Waals surface area contributed by atoms with Crippen molar-refractivity contribution in [3.05, 3.63) is 85.5 Å². The second-order valence-electron chi connectivity index (χ2n) is 7.14. The van der Waals surface area contributed by atoms with E-state index in [1.165, 1.54) is 0 Å². The molecule has 0 spiro atoms. The van der Waals surface area contributed by atoms with Crippen LogP contribution in [0.15, 0.2) is 85.5 Å². The van der Waals surface area contributed by atoms with Gasteiger partial charge in [-0.2, -0.15) is 18.3 Å². The summed E-state index contributed by atoms with van der Waals surface area (Å²) in [6.45, 7) is 0. The summed E-state index contributed by atoms with van der Waals surface area (Å²) in [5.74, 6) is -2.23. The zero-order chi connectivity index (χ0) is 25.5. The molecule has 13 heteroatoms. The van der Waals surface area contributed by atoms with Crippen molar-refractivity contribution in [1.82, 2.24) is 35.2 Å². The summed E-state index contributed by atoms with van der Waals surface area (Å²) in [6.07, 6.45) is 1.85. The normalized spacial score (nSPS) is 10.9. The van der Waals surface area contributed by atoms with Crippen LogP contribution in [0.5, 0.6) is 0 Å². The Morgan fingerprint density at radius 3 is 2.36 bits per heavy atom. The fourth-order valence-corrected chi connectivity index (χ4v) is 3.01. The Bertz CT molecular complexity index is 1420. The predicted octanol–water partition coefficient (Wildman–Crippen LogP) is 4.49. The van der Waals surface area contributed by atoms with E-state index in [-0.39, 0.29) is 0 Å². The van der Waals surface area contributed by atoms with Crippen LogP contribution in [0.2, 0.25) is 0 Å². The summed E-state index contributed by atoms with van der Waals surface area (Å²) < 4.78 is 33.4. The number of aromatic nitrogens is 7. The molecule has 182 valence electrons. The second kappa shape index (κ2) is 10.5. The van der Waals surface area contributed by atoms with Crippen LogP contribution < -0.4 is 5.32 Å². The Kier molecular flexibility index (Phi) is 6.99.